The number of nitrogens with zero attached hydrogens (tertiary/aromatic N) is 2. The van der Waals surface area contributed by atoms with Crippen molar-refractivity contribution in [3.8, 4) is 56.2 Å². The fraction of sp³-hybridized carbons (Fsp3) is 0.0213. The Morgan fingerprint density at radius 2 is 0.694 bits per heavy atom. The summed E-state index contributed by atoms with van der Waals surface area (Å²) in [6, 6.07) is 69.2. The Balaban J connectivity index is 1.10. The molecule has 0 aliphatic heterocycles. The maximum atomic E-state index is 5.02. The molecule has 2 nitrogen and oxygen atoms in total. The van der Waals surface area contributed by atoms with E-state index in [9.17, 15) is 0 Å². The Labute approximate surface area is 287 Å². The van der Waals surface area contributed by atoms with Crippen LogP contribution in [0.2, 0.25) is 0 Å². The summed E-state index contributed by atoms with van der Waals surface area (Å²) in [4.78, 5) is 10.0. The molecule has 1 aliphatic rings. The van der Waals surface area contributed by atoms with E-state index >= 15 is 0 Å². The predicted octanol–water partition coefficient (Wildman–Crippen LogP) is 11.5. The summed E-state index contributed by atoms with van der Waals surface area (Å²) < 4.78 is 0. The van der Waals surface area contributed by atoms with Crippen LogP contribution in [0.25, 0.3) is 56.2 Å². The topological polar surface area (TPSA) is 25.8 Å². The van der Waals surface area contributed by atoms with Crippen molar-refractivity contribution in [2.45, 2.75) is 5.41 Å². The molecule has 7 aromatic carbocycles. The van der Waals surface area contributed by atoms with Crippen LogP contribution in [0.3, 0.4) is 0 Å². The molecule has 49 heavy (non-hydrogen) atoms. The summed E-state index contributed by atoms with van der Waals surface area (Å²) in [5, 5.41) is 0. The summed E-state index contributed by atoms with van der Waals surface area (Å²) in [5.41, 5.74) is 14.7. The molecular formula is C47H32N2. The summed E-state index contributed by atoms with van der Waals surface area (Å²) in [6.45, 7) is 0. The van der Waals surface area contributed by atoms with Crippen molar-refractivity contribution < 1.29 is 0 Å². The Bertz CT molecular complexity index is 2290. The minimum atomic E-state index is -0.394. The lowest BCUT2D eigenvalue weighted by Gasteiger charge is -2.34. The lowest BCUT2D eigenvalue weighted by molar-refractivity contribution is 0.768. The van der Waals surface area contributed by atoms with Crippen LogP contribution in [-0.2, 0) is 5.41 Å². The molecule has 0 saturated carbocycles. The second-order valence-electron chi connectivity index (χ2n) is 12.6. The molecule has 230 valence electrons. The molecular weight excluding hydrogens is 593 g/mol. The zero-order chi connectivity index (χ0) is 32.6. The van der Waals surface area contributed by atoms with Gasteiger partial charge in [0.1, 0.15) is 0 Å². The molecule has 0 atom stereocenters. The van der Waals surface area contributed by atoms with Crippen molar-refractivity contribution in [1.82, 2.24) is 9.97 Å². The van der Waals surface area contributed by atoms with Crippen LogP contribution in [-0.4, -0.2) is 9.97 Å². The van der Waals surface area contributed by atoms with E-state index in [2.05, 4.69) is 158 Å². The summed E-state index contributed by atoms with van der Waals surface area (Å²) in [5.74, 6) is 0.713. The lowest BCUT2D eigenvalue weighted by atomic mass is 9.67. The molecule has 0 fully saturated rings. The van der Waals surface area contributed by atoms with Gasteiger partial charge in [-0.3, -0.25) is 0 Å². The molecule has 1 aromatic heterocycles. The molecule has 1 heterocycles. The largest absolute Gasteiger partial charge is 0.228 e. The van der Waals surface area contributed by atoms with Gasteiger partial charge in [-0.1, -0.05) is 188 Å². The van der Waals surface area contributed by atoms with Gasteiger partial charge < -0.3 is 0 Å². The number of hydrogen-bond donors (Lipinski definition) is 0. The van der Waals surface area contributed by atoms with Gasteiger partial charge in [0.05, 0.1) is 16.8 Å². The highest BCUT2D eigenvalue weighted by molar-refractivity contribution is 5.86. The first kappa shape index (κ1) is 28.8. The van der Waals surface area contributed by atoms with Crippen molar-refractivity contribution in [2.24, 2.45) is 0 Å². The normalized spacial score (nSPS) is 12.7. The van der Waals surface area contributed by atoms with Gasteiger partial charge in [0.15, 0.2) is 5.82 Å². The van der Waals surface area contributed by atoms with Gasteiger partial charge in [0, 0.05) is 16.7 Å². The Kier molecular flexibility index (Phi) is 7.06. The summed E-state index contributed by atoms with van der Waals surface area (Å²) in [7, 11) is 0. The van der Waals surface area contributed by atoms with E-state index in [4.69, 9.17) is 9.97 Å². The number of fused-ring (bicyclic) bond motifs is 3. The highest BCUT2D eigenvalue weighted by Crippen LogP contribution is 2.56. The van der Waals surface area contributed by atoms with Crippen molar-refractivity contribution in [3.63, 3.8) is 0 Å². The average Bonchev–Trinajstić information content (AvgIpc) is 3.50. The summed E-state index contributed by atoms with van der Waals surface area (Å²) in [6.07, 6.45) is 0. The van der Waals surface area contributed by atoms with E-state index in [0.29, 0.717) is 5.82 Å². The molecule has 8 aromatic rings. The predicted molar refractivity (Wildman–Crippen MR) is 201 cm³/mol. The molecule has 0 radical (unpaired) electrons. The first-order chi connectivity index (χ1) is 24.3. The Morgan fingerprint density at radius 1 is 0.306 bits per heavy atom. The van der Waals surface area contributed by atoms with Crippen LogP contribution in [0.1, 0.15) is 22.3 Å². The lowest BCUT2D eigenvalue weighted by Crippen LogP contribution is -2.28. The third-order valence-corrected chi connectivity index (χ3v) is 9.82. The van der Waals surface area contributed by atoms with Crippen LogP contribution >= 0.6 is 0 Å². The first-order valence-electron chi connectivity index (χ1n) is 16.8. The van der Waals surface area contributed by atoms with Gasteiger partial charge in [0.25, 0.3) is 0 Å². The van der Waals surface area contributed by atoms with Gasteiger partial charge in [-0.15, -0.1) is 0 Å². The number of aromatic nitrogens is 2. The smallest absolute Gasteiger partial charge is 0.160 e. The van der Waals surface area contributed by atoms with Crippen LogP contribution in [0.15, 0.2) is 194 Å². The average molecular weight is 625 g/mol. The number of hydrogen-bond acceptors (Lipinski definition) is 2. The molecule has 0 unspecified atom stereocenters. The maximum absolute atomic E-state index is 5.02. The highest BCUT2D eigenvalue weighted by atomic mass is 14.9. The fourth-order valence-corrected chi connectivity index (χ4v) is 7.53. The van der Waals surface area contributed by atoms with Gasteiger partial charge in [0.2, 0.25) is 0 Å². The van der Waals surface area contributed by atoms with E-state index in [0.717, 1.165) is 33.6 Å². The third-order valence-electron chi connectivity index (χ3n) is 9.82. The maximum Gasteiger partial charge on any atom is 0.160 e. The van der Waals surface area contributed by atoms with Gasteiger partial charge >= 0.3 is 0 Å². The highest BCUT2D eigenvalue weighted by Gasteiger charge is 2.45. The fourth-order valence-electron chi connectivity index (χ4n) is 7.53. The van der Waals surface area contributed by atoms with Crippen LogP contribution in [0.5, 0.6) is 0 Å². The molecule has 0 spiro atoms. The molecule has 0 saturated heterocycles. The minimum absolute atomic E-state index is 0.394. The van der Waals surface area contributed by atoms with E-state index < -0.39 is 5.41 Å². The zero-order valence-electron chi connectivity index (χ0n) is 26.9. The standard InChI is InChI=1S/C47H32N2/c1-4-14-35(15-5-1)44-32-45(36-16-6-2-7-17-36)49-46(48-44)37-26-24-33(25-27-37)34-28-30-39(31-29-34)47(38-18-8-3-9-19-38)42-22-12-10-20-40(42)41-21-11-13-23-43(41)47/h1-32H. The monoisotopic (exact) mass is 624 g/mol. The molecule has 0 N–H and O–H groups in total. The van der Waals surface area contributed by atoms with Crippen molar-refractivity contribution in [1.29, 1.82) is 0 Å². The van der Waals surface area contributed by atoms with Crippen molar-refractivity contribution in [3.05, 3.63) is 216 Å². The van der Waals surface area contributed by atoms with Gasteiger partial charge in [-0.2, -0.15) is 0 Å². The number of benzene rings is 7. The van der Waals surface area contributed by atoms with E-state index in [-0.39, 0.29) is 0 Å². The quantitative estimate of drug-likeness (QED) is 0.184. The van der Waals surface area contributed by atoms with Crippen LogP contribution in [0, 0.1) is 0 Å². The van der Waals surface area contributed by atoms with Gasteiger partial charge in [-0.25, -0.2) is 9.97 Å². The van der Waals surface area contributed by atoms with Crippen molar-refractivity contribution >= 4 is 0 Å². The van der Waals surface area contributed by atoms with E-state index in [1.165, 1.54) is 38.9 Å². The second kappa shape index (κ2) is 12.0. The minimum Gasteiger partial charge on any atom is -0.228 e. The molecule has 0 amide bonds. The number of rotatable bonds is 6. The summed E-state index contributed by atoms with van der Waals surface area (Å²) >= 11 is 0. The van der Waals surface area contributed by atoms with Crippen molar-refractivity contribution in [2.75, 3.05) is 0 Å². The molecule has 0 bridgehead atoms. The molecule has 9 rings (SSSR count). The SMILES string of the molecule is c1ccc(-c2cc(-c3ccccc3)nc(-c3ccc(-c4ccc(C5(c6ccccc6)c6ccccc6-c6ccccc65)cc4)cc3)n2)cc1. The Hall–Kier alpha value is -6.38. The molecule has 1 aliphatic carbocycles. The van der Waals surface area contributed by atoms with Crippen LogP contribution < -0.4 is 0 Å². The molecule has 2 heteroatoms. The van der Waals surface area contributed by atoms with Gasteiger partial charge in [-0.05, 0) is 50.6 Å². The van der Waals surface area contributed by atoms with Crippen LogP contribution in [0.4, 0.5) is 0 Å². The van der Waals surface area contributed by atoms with E-state index in [1.54, 1.807) is 0 Å². The third kappa shape index (κ3) is 4.89. The van der Waals surface area contributed by atoms with E-state index in [1.807, 2.05) is 36.4 Å². The zero-order valence-corrected chi connectivity index (χ0v) is 26.9. The Morgan fingerprint density at radius 3 is 1.20 bits per heavy atom. The first-order valence-corrected chi connectivity index (χ1v) is 16.8. The second-order valence-corrected chi connectivity index (χ2v) is 12.6.